The summed E-state index contributed by atoms with van der Waals surface area (Å²) in [4.78, 5) is 0. The highest BCUT2D eigenvalue weighted by molar-refractivity contribution is 4.92. The third kappa shape index (κ3) is 7.45. The highest BCUT2D eigenvalue weighted by Gasteiger charge is 2.13. The molecule has 0 atom stereocenters. The zero-order valence-corrected chi connectivity index (χ0v) is 7.65. The van der Waals surface area contributed by atoms with Crippen LogP contribution >= 0.6 is 0 Å². The minimum Gasteiger partial charge on any atom is -0.318 e. The van der Waals surface area contributed by atoms with Gasteiger partial charge < -0.3 is 5.32 Å². The monoisotopic (exact) mass is 142 g/mol. The number of nitriles is 1. The average molecular weight is 142 g/mol. The Bertz CT molecular complexity index is 100. The van der Waals surface area contributed by atoms with Crippen LogP contribution in [0.25, 0.3) is 0 Å². The summed E-state index contributed by atoms with van der Waals surface area (Å²) in [6.45, 7) is 8.57. The van der Waals surface area contributed by atoms with Crippen molar-refractivity contribution in [1.82, 2.24) is 5.32 Å². The molecule has 0 aromatic heterocycles. The van der Waals surface area contributed by atoms with Gasteiger partial charge in [0.15, 0.2) is 0 Å². The standard InChI is InChI=1S/C6H12N2.C2H6/c1-6(2,4-7)5-8-3;1-2/h8H,5H2,1-3H3;1-2H3. The highest BCUT2D eigenvalue weighted by Crippen LogP contribution is 2.09. The van der Waals surface area contributed by atoms with Crippen LogP contribution in [0.5, 0.6) is 0 Å². The van der Waals surface area contributed by atoms with Gasteiger partial charge in [0.25, 0.3) is 0 Å². The van der Waals surface area contributed by atoms with E-state index in [1.807, 2.05) is 34.7 Å². The summed E-state index contributed by atoms with van der Waals surface area (Å²) in [6.07, 6.45) is 0. The Balaban J connectivity index is 0. The van der Waals surface area contributed by atoms with Crippen molar-refractivity contribution in [3.8, 4) is 6.07 Å². The first-order chi connectivity index (χ1) is 4.62. The topological polar surface area (TPSA) is 35.8 Å². The van der Waals surface area contributed by atoms with E-state index in [2.05, 4.69) is 11.4 Å². The first-order valence-electron chi connectivity index (χ1n) is 3.68. The van der Waals surface area contributed by atoms with E-state index in [4.69, 9.17) is 5.26 Å². The Hall–Kier alpha value is -0.550. The van der Waals surface area contributed by atoms with Crippen molar-refractivity contribution >= 4 is 0 Å². The lowest BCUT2D eigenvalue weighted by molar-refractivity contribution is 0.468. The molecule has 0 amide bonds. The van der Waals surface area contributed by atoms with E-state index in [0.29, 0.717) is 0 Å². The molecular weight excluding hydrogens is 124 g/mol. The van der Waals surface area contributed by atoms with Crippen molar-refractivity contribution < 1.29 is 0 Å². The van der Waals surface area contributed by atoms with Crippen LogP contribution in [-0.4, -0.2) is 13.6 Å². The lowest BCUT2D eigenvalue weighted by Crippen LogP contribution is -2.24. The second-order valence-corrected chi connectivity index (χ2v) is 2.53. The quantitative estimate of drug-likeness (QED) is 0.638. The van der Waals surface area contributed by atoms with Gasteiger partial charge in [0.1, 0.15) is 0 Å². The Morgan fingerprint density at radius 3 is 1.90 bits per heavy atom. The van der Waals surface area contributed by atoms with Gasteiger partial charge in [-0.2, -0.15) is 5.26 Å². The largest absolute Gasteiger partial charge is 0.318 e. The molecule has 0 aliphatic rings. The lowest BCUT2D eigenvalue weighted by atomic mass is 9.96. The molecule has 1 N–H and O–H groups in total. The summed E-state index contributed by atoms with van der Waals surface area (Å²) in [6, 6.07) is 2.18. The predicted molar refractivity (Wildman–Crippen MR) is 44.7 cm³/mol. The predicted octanol–water partition coefficient (Wildman–Crippen LogP) is 1.78. The van der Waals surface area contributed by atoms with Gasteiger partial charge in [-0.3, -0.25) is 0 Å². The van der Waals surface area contributed by atoms with Gasteiger partial charge in [-0.15, -0.1) is 0 Å². The summed E-state index contributed by atoms with van der Waals surface area (Å²) >= 11 is 0. The molecule has 0 unspecified atom stereocenters. The molecule has 0 heterocycles. The Morgan fingerprint density at radius 1 is 1.40 bits per heavy atom. The fraction of sp³-hybridized carbons (Fsp3) is 0.875. The van der Waals surface area contributed by atoms with Gasteiger partial charge in [0.05, 0.1) is 11.5 Å². The van der Waals surface area contributed by atoms with E-state index >= 15 is 0 Å². The Morgan fingerprint density at radius 2 is 1.80 bits per heavy atom. The van der Waals surface area contributed by atoms with Crippen molar-refractivity contribution in [1.29, 1.82) is 5.26 Å². The summed E-state index contributed by atoms with van der Waals surface area (Å²) in [5, 5.41) is 11.4. The molecule has 2 nitrogen and oxygen atoms in total. The smallest absolute Gasteiger partial charge is 0.0697 e. The van der Waals surface area contributed by atoms with Gasteiger partial charge in [0, 0.05) is 6.54 Å². The minimum absolute atomic E-state index is 0.214. The summed E-state index contributed by atoms with van der Waals surface area (Å²) in [5.41, 5.74) is -0.214. The van der Waals surface area contributed by atoms with E-state index in [1.165, 1.54) is 0 Å². The third-order valence-electron chi connectivity index (χ3n) is 0.921. The van der Waals surface area contributed by atoms with Crippen LogP contribution in [0.3, 0.4) is 0 Å². The minimum atomic E-state index is -0.214. The highest BCUT2D eigenvalue weighted by atomic mass is 14.8. The normalized spacial score (nSPS) is 9.20. The molecule has 0 saturated heterocycles. The molecule has 0 aromatic rings. The second-order valence-electron chi connectivity index (χ2n) is 2.53. The van der Waals surface area contributed by atoms with Crippen molar-refractivity contribution in [2.24, 2.45) is 5.41 Å². The van der Waals surface area contributed by atoms with Gasteiger partial charge in [-0.05, 0) is 20.9 Å². The fourth-order valence-corrected chi connectivity index (χ4v) is 0.481. The summed E-state index contributed by atoms with van der Waals surface area (Å²) < 4.78 is 0. The maximum Gasteiger partial charge on any atom is 0.0697 e. The summed E-state index contributed by atoms with van der Waals surface area (Å²) in [7, 11) is 1.85. The molecule has 2 heteroatoms. The molecule has 10 heavy (non-hydrogen) atoms. The van der Waals surface area contributed by atoms with Crippen molar-refractivity contribution in [3.05, 3.63) is 0 Å². The maximum atomic E-state index is 8.44. The van der Waals surface area contributed by atoms with Crippen LogP contribution < -0.4 is 5.32 Å². The van der Waals surface area contributed by atoms with Crippen molar-refractivity contribution in [2.45, 2.75) is 27.7 Å². The maximum absolute atomic E-state index is 8.44. The van der Waals surface area contributed by atoms with Crippen molar-refractivity contribution in [2.75, 3.05) is 13.6 Å². The number of hydrogen-bond acceptors (Lipinski definition) is 2. The van der Waals surface area contributed by atoms with Crippen LogP contribution in [0.2, 0.25) is 0 Å². The zero-order valence-electron chi connectivity index (χ0n) is 7.65. The van der Waals surface area contributed by atoms with Crippen LogP contribution in [0.15, 0.2) is 0 Å². The molecule has 0 aliphatic carbocycles. The van der Waals surface area contributed by atoms with Crippen molar-refractivity contribution in [3.63, 3.8) is 0 Å². The first-order valence-corrected chi connectivity index (χ1v) is 3.68. The molecule has 0 spiro atoms. The third-order valence-corrected chi connectivity index (χ3v) is 0.921. The molecule has 0 rings (SSSR count). The summed E-state index contributed by atoms with van der Waals surface area (Å²) in [5.74, 6) is 0. The second kappa shape index (κ2) is 6.57. The fourth-order valence-electron chi connectivity index (χ4n) is 0.481. The van der Waals surface area contributed by atoms with Gasteiger partial charge in [-0.25, -0.2) is 0 Å². The van der Waals surface area contributed by atoms with E-state index in [-0.39, 0.29) is 5.41 Å². The number of rotatable bonds is 2. The molecule has 0 radical (unpaired) electrons. The average Bonchev–Trinajstić information content (AvgIpc) is 1.93. The Labute approximate surface area is 64.2 Å². The van der Waals surface area contributed by atoms with Gasteiger partial charge >= 0.3 is 0 Å². The molecule has 0 bridgehead atoms. The SMILES string of the molecule is CC.CNCC(C)(C)C#N. The Kier molecular flexibility index (Phi) is 7.99. The number of nitrogens with zero attached hydrogens (tertiary/aromatic N) is 1. The first kappa shape index (κ1) is 12.2. The molecule has 0 fully saturated rings. The molecular formula is C8H18N2. The number of nitrogens with one attached hydrogen (secondary N) is 1. The van der Waals surface area contributed by atoms with E-state index in [0.717, 1.165) is 6.54 Å². The molecule has 0 saturated carbocycles. The lowest BCUT2D eigenvalue weighted by Gasteiger charge is -2.12. The van der Waals surface area contributed by atoms with Gasteiger partial charge in [0.2, 0.25) is 0 Å². The molecule has 60 valence electrons. The van der Waals surface area contributed by atoms with Crippen LogP contribution in [0.1, 0.15) is 27.7 Å². The van der Waals surface area contributed by atoms with Crippen LogP contribution in [-0.2, 0) is 0 Å². The van der Waals surface area contributed by atoms with Crippen LogP contribution in [0, 0.1) is 16.7 Å². The van der Waals surface area contributed by atoms with Crippen LogP contribution in [0.4, 0.5) is 0 Å². The van der Waals surface area contributed by atoms with Gasteiger partial charge in [-0.1, -0.05) is 13.8 Å². The molecule has 0 aliphatic heterocycles. The van der Waals surface area contributed by atoms with E-state index in [9.17, 15) is 0 Å². The van der Waals surface area contributed by atoms with E-state index < -0.39 is 0 Å². The zero-order chi connectivity index (χ0) is 8.62. The molecule has 0 aromatic carbocycles. The number of hydrogen-bond donors (Lipinski definition) is 1. The van der Waals surface area contributed by atoms with E-state index in [1.54, 1.807) is 0 Å².